The number of hydrogen-bond acceptors (Lipinski definition) is 4. The number of rotatable bonds is 5. The van der Waals surface area contributed by atoms with Crippen LogP contribution in [-0.4, -0.2) is 35.7 Å². The van der Waals surface area contributed by atoms with Gasteiger partial charge in [0.25, 0.3) is 0 Å². The first-order chi connectivity index (χ1) is 11.7. The second-order valence-electron chi connectivity index (χ2n) is 6.30. The van der Waals surface area contributed by atoms with Gasteiger partial charge < -0.3 is 14.1 Å². The van der Waals surface area contributed by atoms with Crippen LogP contribution in [0, 0.1) is 0 Å². The zero-order valence-electron chi connectivity index (χ0n) is 13.6. The van der Waals surface area contributed by atoms with E-state index in [1.54, 1.807) is 4.57 Å². The quantitative estimate of drug-likeness (QED) is 0.723. The molecule has 0 spiro atoms. The van der Waals surface area contributed by atoms with E-state index in [0.717, 1.165) is 30.8 Å². The van der Waals surface area contributed by atoms with Crippen molar-refractivity contribution in [3.63, 3.8) is 0 Å². The molecule has 0 unspecified atom stereocenters. The summed E-state index contributed by atoms with van der Waals surface area (Å²) < 4.78 is 12.9. The molecular formula is C19H20N2O3. The lowest BCUT2D eigenvalue weighted by molar-refractivity contribution is 0.166. The summed E-state index contributed by atoms with van der Waals surface area (Å²) in [6, 6.07) is 15.7. The lowest BCUT2D eigenvalue weighted by atomic mass is 10.1. The van der Waals surface area contributed by atoms with Gasteiger partial charge in [-0.1, -0.05) is 30.3 Å². The molecule has 0 saturated carbocycles. The van der Waals surface area contributed by atoms with Crippen LogP contribution in [0.3, 0.4) is 0 Å². The van der Waals surface area contributed by atoms with Gasteiger partial charge in [-0.25, -0.2) is 4.79 Å². The Labute approximate surface area is 140 Å². The van der Waals surface area contributed by atoms with Crippen LogP contribution in [0.5, 0.6) is 5.75 Å². The number of oxazole rings is 1. The average molecular weight is 324 g/mol. The number of likely N-dealkylation sites (N-methyl/N-ethyl adjacent to an activating group) is 1. The molecule has 2 heterocycles. The van der Waals surface area contributed by atoms with Gasteiger partial charge in [0.05, 0.1) is 5.52 Å². The molecule has 24 heavy (non-hydrogen) atoms. The van der Waals surface area contributed by atoms with Crippen molar-refractivity contribution >= 4 is 11.1 Å². The van der Waals surface area contributed by atoms with Crippen LogP contribution in [-0.2, 0) is 13.0 Å². The molecule has 0 N–H and O–H groups in total. The molecular weight excluding hydrogens is 304 g/mol. The van der Waals surface area contributed by atoms with Gasteiger partial charge in [-0.15, -0.1) is 0 Å². The smallest absolute Gasteiger partial charge is 0.419 e. The third kappa shape index (κ3) is 2.83. The zero-order chi connectivity index (χ0) is 16.5. The molecule has 1 aromatic heterocycles. The summed E-state index contributed by atoms with van der Waals surface area (Å²) in [6.45, 7) is 2.20. The number of benzene rings is 2. The number of fused-ring (bicyclic) bond motifs is 2. The van der Waals surface area contributed by atoms with E-state index in [1.165, 1.54) is 5.56 Å². The molecule has 2 aromatic carbocycles. The minimum Gasteiger partial charge on any atom is -0.488 e. The van der Waals surface area contributed by atoms with Gasteiger partial charge in [0.2, 0.25) is 0 Å². The summed E-state index contributed by atoms with van der Waals surface area (Å²) in [7, 11) is 2.06. The van der Waals surface area contributed by atoms with E-state index >= 15 is 0 Å². The third-order valence-corrected chi connectivity index (χ3v) is 4.51. The lowest BCUT2D eigenvalue weighted by Crippen LogP contribution is -2.35. The van der Waals surface area contributed by atoms with Gasteiger partial charge in [0.15, 0.2) is 5.58 Å². The minimum atomic E-state index is -0.297. The van der Waals surface area contributed by atoms with Gasteiger partial charge in [0.1, 0.15) is 11.9 Å². The Morgan fingerprint density at radius 1 is 1.17 bits per heavy atom. The molecule has 1 aliphatic heterocycles. The van der Waals surface area contributed by atoms with Crippen molar-refractivity contribution < 1.29 is 9.15 Å². The highest BCUT2D eigenvalue weighted by Crippen LogP contribution is 2.28. The van der Waals surface area contributed by atoms with Crippen molar-refractivity contribution in [1.29, 1.82) is 0 Å². The standard InChI is InChI=1S/C19H20N2O3/c1-20(13-15-12-14-6-2-4-8-17(14)23-15)10-11-21-16-7-3-5-9-18(16)24-19(21)22/h2-9,15H,10-13H2,1H3/t15-/m0/s1. The average Bonchev–Trinajstić information content (AvgIpc) is 3.12. The van der Waals surface area contributed by atoms with Gasteiger partial charge in [-0.3, -0.25) is 4.57 Å². The molecule has 124 valence electrons. The monoisotopic (exact) mass is 324 g/mol. The first kappa shape index (κ1) is 15.0. The van der Waals surface area contributed by atoms with E-state index in [0.29, 0.717) is 12.1 Å². The predicted molar refractivity (Wildman–Crippen MR) is 92.5 cm³/mol. The van der Waals surface area contributed by atoms with Crippen LogP contribution in [0.2, 0.25) is 0 Å². The van der Waals surface area contributed by atoms with Gasteiger partial charge in [-0.05, 0) is 30.8 Å². The van der Waals surface area contributed by atoms with Crippen LogP contribution < -0.4 is 10.5 Å². The number of para-hydroxylation sites is 3. The molecule has 0 aliphatic carbocycles. The summed E-state index contributed by atoms with van der Waals surface area (Å²) >= 11 is 0. The molecule has 0 saturated heterocycles. The molecule has 0 amide bonds. The van der Waals surface area contributed by atoms with Crippen LogP contribution in [0.25, 0.3) is 11.1 Å². The Kier molecular flexibility index (Phi) is 3.86. The highest BCUT2D eigenvalue weighted by molar-refractivity contribution is 5.72. The molecule has 5 heteroatoms. The van der Waals surface area contributed by atoms with Crippen molar-refractivity contribution in [1.82, 2.24) is 9.47 Å². The number of aromatic nitrogens is 1. The van der Waals surface area contributed by atoms with E-state index in [2.05, 4.69) is 18.0 Å². The largest absolute Gasteiger partial charge is 0.488 e. The first-order valence-electron chi connectivity index (χ1n) is 8.22. The van der Waals surface area contributed by atoms with E-state index in [4.69, 9.17) is 9.15 Å². The highest BCUT2D eigenvalue weighted by atomic mass is 16.5. The topological polar surface area (TPSA) is 47.6 Å². The van der Waals surface area contributed by atoms with Gasteiger partial charge >= 0.3 is 5.76 Å². The van der Waals surface area contributed by atoms with Crippen molar-refractivity contribution in [2.45, 2.75) is 19.1 Å². The molecule has 5 nitrogen and oxygen atoms in total. The van der Waals surface area contributed by atoms with Crippen LogP contribution in [0.1, 0.15) is 5.56 Å². The van der Waals surface area contributed by atoms with Crippen molar-refractivity contribution in [3.8, 4) is 5.75 Å². The van der Waals surface area contributed by atoms with E-state index in [-0.39, 0.29) is 11.9 Å². The Morgan fingerprint density at radius 2 is 1.96 bits per heavy atom. The van der Waals surface area contributed by atoms with Crippen molar-refractivity contribution in [2.24, 2.45) is 0 Å². The summed E-state index contributed by atoms with van der Waals surface area (Å²) in [4.78, 5) is 14.2. The summed E-state index contributed by atoms with van der Waals surface area (Å²) in [5.74, 6) is 0.696. The Morgan fingerprint density at radius 3 is 2.83 bits per heavy atom. The fraction of sp³-hybridized carbons (Fsp3) is 0.316. The maximum absolute atomic E-state index is 12.0. The van der Waals surface area contributed by atoms with Gasteiger partial charge in [0, 0.05) is 26.1 Å². The summed E-state index contributed by atoms with van der Waals surface area (Å²) in [5.41, 5.74) is 2.76. The fourth-order valence-electron chi connectivity index (χ4n) is 3.29. The van der Waals surface area contributed by atoms with E-state index < -0.39 is 0 Å². The molecule has 1 aliphatic rings. The fourth-order valence-corrected chi connectivity index (χ4v) is 3.29. The normalized spacial score (nSPS) is 16.5. The maximum Gasteiger partial charge on any atom is 0.419 e. The van der Waals surface area contributed by atoms with Crippen LogP contribution in [0.4, 0.5) is 0 Å². The minimum absolute atomic E-state index is 0.171. The van der Waals surface area contributed by atoms with E-state index in [9.17, 15) is 4.79 Å². The summed E-state index contributed by atoms with van der Waals surface area (Å²) in [6.07, 6.45) is 1.11. The highest BCUT2D eigenvalue weighted by Gasteiger charge is 2.23. The Balaban J connectivity index is 1.38. The lowest BCUT2D eigenvalue weighted by Gasteiger charge is -2.20. The summed E-state index contributed by atoms with van der Waals surface area (Å²) in [5, 5.41) is 0. The molecule has 3 aromatic rings. The molecule has 0 bridgehead atoms. The van der Waals surface area contributed by atoms with Gasteiger partial charge in [-0.2, -0.15) is 0 Å². The Hall–Kier alpha value is -2.53. The zero-order valence-corrected chi connectivity index (χ0v) is 13.6. The number of hydrogen-bond donors (Lipinski definition) is 0. The second-order valence-corrected chi connectivity index (χ2v) is 6.30. The molecule has 0 fully saturated rings. The third-order valence-electron chi connectivity index (χ3n) is 4.51. The maximum atomic E-state index is 12.0. The molecule has 0 radical (unpaired) electrons. The first-order valence-corrected chi connectivity index (χ1v) is 8.22. The molecule has 1 atom stereocenters. The Bertz CT molecular complexity index is 887. The molecule has 4 rings (SSSR count). The van der Waals surface area contributed by atoms with Crippen molar-refractivity contribution in [3.05, 3.63) is 64.6 Å². The van der Waals surface area contributed by atoms with Crippen LogP contribution in [0.15, 0.2) is 57.7 Å². The van der Waals surface area contributed by atoms with Crippen LogP contribution >= 0.6 is 0 Å². The second kappa shape index (κ2) is 6.17. The predicted octanol–water partition coefficient (Wildman–Crippen LogP) is 2.53. The van der Waals surface area contributed by atoms with E-state index in [1.807, 2.05) is 42.5 Å². The number of ether oxygens (including phenoxy) is 1. The van der Waals surface area contributed by atoms with Crippen molar-refractivity contribution in [2.75, 3.05) is 20.1 Å². The SMILES string of the molecule is CN(CCn1c(=O)oc2ccccc21)C[C@@H]1Cc2ccccc2O1. The number of nitrogens with zero attached hydrogens (tertiary/aromatic N) is 2.